The van der Waals surface area contributed by atoms with Crippen LogP contribution in [0, 0.1) is 5.82 Å². The monoisotopic (exact) mass is 561 g/mol. The molecule has 0 spiro atoms. The van der Waals surface area contributed by atoms with Crippen LogP contribution in [0.2, 0.25) is 0 Å². The summed E-state index contributed by atoms with van der Waals surface area (Å²) in [4.78, 5) is 19.3. The number of carbonyl (C=O) groups excluding carboxylic acids is 1. The van der Waals surface area contributed by atoms with Gasteiger partial charge in [0.2, 0.25) is 0 Å². The summed E-state index contributed by atoms with van der Waals surface area (Å²) in [6.07, 6.45) is 3.28. The molecule has 206 valence electrons. The average Bonchev–Trinajstić information content (AvgIpc) is 3.64. The second-order valence-electron chi connectivity index (χ2n) is 9.20. The molecule has 2 aromatic heterocycles. The molecule has 10 heteroatoms. The predicted octanol–water partition coefficient (Wildman–Crippen LogP) is 5.30. The van der Waals surface area contributed by atoms with Gasteiger partial charge in [-0.3, -0.25) is 9.78 Å². The van der Waals surface area contributed by atoms with E-state index in [9.17, 15) is 19.4 Å². The molecule has 1 atom stereocenters. The zero-order chi connectivity index (χ0) is 28.1. The van der Waals surface area contributed by atoms with Gasteiger partial charge in [0, 0.05) is 36.4 Å². The number of hydrazone groups is 1. The summed E-state index contributed by atoms with van der Waals surface area (Å²) in [5.74, 6) is -1.30. The second-order valence-corrected chi connectivity index (χ2v) is 10.3. The summed E-state index contributed by atoms with van der Waals surface area (Å²) >= 11 is 1.31. The summed E-state index contributed by atoms with van der Waals surface area (Å²) in [5, 5.41) is 25.9. The Morgan fingerprint density at radius 1 is 1.12 bits per heavy atom. The summed E-state index contributed by atoms with van der Waals surface area (Å²) in [6.45, 7) is 1.16. The number of aliphatic hydroxyl groups excluding tert-OH is 1. The molecular formula is C30H28FN3O5S. The van der Waals surface area contributed by atoms with Gasteiger partial charge in [-0.2, -0.15) is 5.10 Å². The van der Waals surface area contributed by atoms with Crippen LogP contribution >= 0.6 is 11.3 Å². The molecule has 40 heavy (non-hydrogen) atoms. The molecule has 1 aliphatic heterocycles. The highest BCUT2D eigenvalue weighted by Gasteiger charge is 2.37. The second kappa shape index (κ2) is 12.5. The normalized spacial score (nSPS) is 14.9. The summed E-state index contributed by atoms with van der Waals surface area (Å²) in [7, 11) is 1.62. The van der Waals surface area contributed by atoms with Crippen molar-refractivity contribution in [3.8, 4) is 16.2 Å². The number of pyridine rings is 1. The number of aromatic hydroxyl groups is 1. The molecule has 0 fully saturated rings. The third kappa shape index (κ3) is 5.80. The van der Waals surface area contributed by atoms with Gasteiger partial charge in [-0.05, 0) is 47.0 Å². The van der Waals surface area contributed by atoms with E-state index in [1.54, 1.807) is 25.4 Å². The maximum atomic E-state index is 15.0. The Morgan fingerprint density at radius 2 is 1.98 bits per heavy atom. The third-order valence-corrected chi connectivity index (χ3v) is 7.69. The number of methoxy groups -OCH3 is 1. The quantitative estimate of drug-likeness (QED) is 0.255. The van der Waals surface area contributed by atoms with Gasteiger partial charge in [0.25, 0.3) is 5.91 Å². The van der Waals surface area contributed by atoms with Crippen LogP contribution in [0.5, 0.6) is 5.75 Å². The topological polar surface area (TPSA) is 104 Å². The Labute approximate surface area is 235 Å². The van der Waals surface area contributed by atoms with Crippen LogP contribution in [0.15, 0.2) is 78.2 Å². The van der Waals surface area contributed by atoms with Crippen molar-refractivity contribution in [2.45, 2.75) is 25.7 Å². The number of benzene rings is 2. The number of aliphatic hydroxyl groups is 1. The van der Waals surface area contributed by atoms with E-state index in [-0.39, 0.29) is 24.3 Å². The molecule has 8 nitrogen and oxygen atoms in total. The molecule has 0 radical (unpaired) electrons. The fraction of sp³-hybridized carbons (Fsp3) is 0.233. The Morgan fingerprint density at radius 3 is 2.77 bits per heavy atom. The molecule has 1 unspecified atom stereocenters. The molecule has 0 aliphatic carbocycles. The summed E-state index contributed by atoms with van der Waals surface area (Å²) in [5.41, 5.74) is 3.62. The maximum absolute atomic E-state index is 15.0. The lowest BCUT2D eigenvalue weighted by Gasteiger charge is -2.22. The first kappa shape index (κ1) is 27.6. The number of halogens is 1. The first-order valence-corrected chi connectivity index (χ1v) is 13.5. The van der Waals surface area contributed by atoms with Gasteiger partial charge in [-0.15, -0.1) is 11.3 Å². The van der Waals surface area contributed by atoms with Crippen LogP contribution < -0.4 is 0 Å². The molecule has 2 N–H and O–H groups in total. The molecule has 4 aromatic rings. The van der Waals surface area contributed by atoms with Gasteiger partial charge in [0.05, 0.1) is 48.6 Å². The average molecular weight is 562 g/mol. The zero-order valence-electron chi connectivity index (χ0n) is 21.8. The van der Waals surface area contributed by atoms with Crippen molar-refractivity contribution in [2.75, 3.05) is 20.3 Å². The van der Waals surface area contributed by atoms with E-state index < -0.39 is 17.8 Å². The first-order chi connectivity index (χ1) is 19.5. The number of rotatable bonds is 10. The van der Waals surface area contributed by atoms with E-state index in [1.165, 1.54) is 40.7 Å². The highest BCUT2D eigenvalue weighted by Crippen LogP contribution is 2.40. The van der Waals surface area contributed by atoms with Gasteiger partial charge >= 0.3 is 0 Å². The van der Waals surface area contributed by atoms with Crippen LogP contribution in [0.3, 0.4) is 0 Å². The van der Waals surface area contributed by atoms with E-state index in [1.807, 2.05) is 30.3 Å². The lowest BCUT2D eigenvalue weighted by molar-refractivity contribution is 0.0618. The fourth-order valence-electron chi connectivity index (χ4n) is 4.61. The SMILES string of the molecule is COCCOCc1ccccc1-c1ccc(C(=O)N2N=C(c3cncc(CO)c3)CC2c2c(O)cccc2F)s1. The number of thiophene rings is 1. The number of aromatic nitrogens is 1. The van der Waals surface area contributed by atoms with Crippen molar-refractivity contribution in [3.63, 3.8) is 0 Å². The van der Waals surface area contributed by atoms with Gasteiger partial charge in [0.1, 0.15) is 11.6 Å². The maximum Gasteiger partial charge on any atom is 0.284 e. The number of phenols is 1. The predicted molar refractivity (Wildman–Crippen MR) is 150 cm³/mol. The zero-order valence-corrected chi connectivity index (χ0v) is 22.6. The van der Waals surface area contributed by atoms with Crippen molar-refractivity contribution < 1.29 is 28.9 Å². The number of ether oxygens (including phenoxy) is 2. The smallest absolute Gasteiger partial charge is 0.284 e. The highest BCUT2D eigenvalue weighted by atomic mass is 32.1. The minimum absolute atomic E-state index is 0.00351. The van der Waals surface area contributed by atoms with E-state index in [4.69, 9.17) is 9.47 Å². The Hall–Kier alpha value is -3.96. The molecule has 2 aromatic carbocycles. The number of nitrogens with zero attached hydrogens (tertiary/aromatic N) is 3. The van der Waals surface area contributed by atoms with Crippen LogP contribution in [-0.4, -0.2) is 52.1 Å². The molecule has 0 saturated heterocycles. The van der Waals surface area contributed by atoms with E-state index >= 15 is 0 Å². The van der Waals surface area contributed by atoms with Crippen molar-refractivity contribution in [3.05, 3.63) is 106 Å². The van der Waals surface area contributed by atoms with Crippen LogP contribution in [-0.2, 0) is 22.7 Å². The minimum atomic E-state index is -0.867. The van der Waals surface area contributed by atoms with E-state index in [0.717, 1.165) is 16.0 Å². The molecule has 1 amide bonds. The highest BCUT2D eigenvalue weighted by molar-refractivity contribution is 7.17. The van der Waals surface area contributed by atoms with Gasteiger partial charge < -0.3 is 19.7 Å². The first-order valence-electron chi connectivity index (χ1n) is 12.7. The molecular weight excluding hydrogens is 533 g/mol. The van der Waals surface area contributed by atoms with Crippen molar-refractivity contribution in [1.29, 1.82) is 0 Å². The number of amides is 1. The molecule has 0 bridgehead atoms. The van der Waals surface area contributed by atoms with Crippen molar-refractivity contribution >= 4 is 23.0 Å². The molecule has 5 rings (SSSR count). The number of hydrogen-bond donors (Lipinski definition) is 2. The largest absolute Gasteiger partial charge is 0.507 e. The summed E-state index contributed by atoms with van der Waals surface area (Å²) in [6, 6.07) is 16.3. The Balaban J connectivity index is 1.48. The molecule has 3 heterocycles. The Kier molecular flexibility index (Phi) is 8.61. The van der Waals surface area contributed by atoms with Crippen LogP contribution in [0.4, 0.5) is 4.39 Å². The standard InChI is InChI=1S/C30H28FN3O5S/c1-38-11-12-39-18-20-5-2-3-6-22(20)27-9-10-28(40-27)30(37)34-25(29-23(31)7-4-8-26(29)36)14-24(33-34)21-13-19(17-35)15-32-16-21/h2-10,13,15-16,25,35-36H,11-12,14,17-18H2,1H3. The van der Waals surface area contributed by atoms with Crippen molar-refractivity contribution in [2.24, 2.45) is 5.10 Å². The third-order valence-electron chi connectivity index (χ3n) is 6.58. The molecule has 0 saturated carbocycles. The fourth-order valence-corrected chi connectivity index (χ4v) is 5.60. The molecule has 1 aliphatic rings. The van der Waals surface area contributed by atoms with Gasteiger partial charge in [0.15, 0.2) is 0 Å². The van der Waals surface area contributed by atoms with E-state index in [0.29, 0.717) is 41.5 Å². The van der Waals surface area contributed by atoms with Crippen LogP contribution in [0.25, 0.3) is 10.4 Å². The van der Waals surface area contributed by atoms with Crippen LogP contribution in [0.1, 0.15) is 44.4 Å². The lowest BCUT2D eigenvalue weighted by Crippen LogP contribution is -2.27. The summed E-state index contributed by atoms with van der Waals surface area (Å²) < 4.78 is 25.8. The van der Waals surface area contributed by atoms with E-state index in [2.05, 4.69) is 10.1 Å². The van der Waals surface area contributed by atoms with Gasteiger partial charge in [-0.1, -0.05) is 30.3 Å². The van der Waals surface area contributed by atoms with Gasteiger partial charge in [-0.25, -0.2) is 9.40 Å². The minimum Gasteiger partial charge on any atom is -0.507 e. The van der Waals surface area contributed by atoms with Crippen molar-refractivity contribution in [1.82, 2.24) is 9.99 Å². The lowest BCUT2D eigenvalue weighted by atomic mass is 9.97. The Bertz CT molecular complexity index is 1520. The number of hydrogen-bond acceptors (Lipinski definition) is 8. The number of carbonyl (C=O) groups is 1. The number of phenolic OH excluding ortho intramolecular Hbond substituents is 1.